The van der Waals surface area contributed by atoms with Crippen molar-refractivity contribution in [3.05, 3.63) is 0 Å². The van der Waals surface area contributed by atoms with E-state index in [0.717, 1.165) is 0 Å². The molecule has 0 fully saturated rings. The fourth-order valence-electron chi connectivity index (χ4n) is 0. The van der Waals surface area contributed by atoms with Crippen molar-refractivity contribution in [2.45, 2.75) is 0 Å². The zero-order valence-corrected chi connectivity index (χ0v) is 16.7. The lowest BCUT2D eigenvalue weighted by Crippen LogP contribution is -1.93. The van der Waals surface area contributed by atoms with E-state index < -0.39 is 60.7 Å². The van der Waals surface area contributed by atoms with E-state index in [1.165, 1.54) is 0 Å². The molecule has 0 aromatic rings. The first-order valence-corrected chi connectivity index (χ1v) is 10.8. The standard InChI is InChI=1S/3H2O4S2.2H3P/c3*1-5(2)6(3)4;;/h3*(H,1,2)(H,3,4);2*1H3. The number of rotatable bonds is 3. The SMILES string of the molecule is O=S(O)S(=O)O.O=S(O)S(=O)O.O=S(O)S(=O)O.P.P. The molecule has 0 rings (SSSR count). The highest BCUT2D eigenvalue weighted by Gasteiger charge is 1.96. The lowest BCUT2D eigenvalue weighted by molar-refractivity contribution is 0.548. The minimum Gasteiger partial charge on any atom is -0.294 e. The van der Waals surface area contributed by atoms with Crippen molar-refractivity contribution < 1.29 is 52.6 Å². The van der Waals surface area contributed by atoms with E-state index in [2.05, 4.69) is 0 Å². The van der Waals surface area contributed by atoms with Gasteiger partial charge in [-0.3, -0.25) is 27.3 Å². The summed E-state index contributed by atoms with van der Waals surface area (Å²) in [5.74, 6) is 0. The van der Waals surface area contributed by atoms with Crippen molar-refractivity contribution in [2.75, 3.05) is 0 Å². The van der Waals surface area contributed by atoms with Gasteiger partial charge in [-0.1, -0.05) is 0 Å². The van der Waals surface area contributed by atoms with E-state index in [-0.39, 0.29) is 19.8 Å². The van der Waals surface area contributed by atoms with E-state index in [0.29, 0.717) is 0 Å². The molecule has 0 amide bonds. The summed E-state index contributed by atoms with van der Waals surface area (Å²) in [6.45, 7) is 0. The summed E-state index contributed by atoms with van der Waals surface area (Å²) in [7, 11) is -15.5. The van der Waals surface area contributed by atoms with Crippen LogP contribution < -0.4 is 0 Å². The van der Waals surface area contributed by atoms with Crippen LogP contribution in [0, 0.1) is 0 Å². The summed E-state index contributed by atoms with van der Waals surface area (Å²) in [4.78, 5) is 0. The third-order valence-electron chi connectivity index (χ3n) is 0.366. The second kappa shape index (κ2) is 20.5. The van der Waals surface area contributed by atoms with Crippen molar-refractivity contribution in [3.63, 3.8) is 0 Å². The van der Waals surface area contributed by atoms with E-state index in [1.807, 2.05) is 0 Å². The first-order chi connectivity index (χ1) is 7.93. The van der Waals surface area contributed by atoms with Gasteiger partial charge in [0.25, 0.3) is 60.7 Å². The summed E-state index contributed by atoms with van der Waals surface area (Å²) < 4.78 is 101. The van der Waals surface area contributed by atoms with Crippen LogP contribution in [0.3, 0.4) is 0 Å². The largest absolute Gasteiger partial charge is 0.294 e. The molecule has 0 aromatic carbocycles. The Hall–Kier alpha value is 1.52. The smallest absolute Gasteiger partial charge is 0.274 e. The van der Waals surface area contributed by atoms with Crippen LogP contribution in [0.1, 0.15) is 0 Å². The molecule has 0 aliphatic heterocycles. The maximum absolute atomic E-state index is 9.26. The Morgan fingerprint density at radius 1 is 0.350 bits per heavy atom. The van der Waals surface area contributed by atoms with Crippen LogP contribution >= 0.6 is 19.8 Å². The molecule has 20 heavy (non-hydrogen) atoms. The fourth-order valence-corrected chi connectivity index (χ4v) is 0. The van der Waals surface area contributed by atoms with Crippen LogP contribution in [-0.2, 0) is 60.7 Å². The topological polar surface area (TPSA) is 224 Å². The highest BCUT2D eigenvalue weighted by atomic mass is 33.2. The van der Waals surface area contributed by atoms with Crippen molar-refractivity contribution in [3.8, 4) is 0 Å². The van der Waals surface area contributed by atoms with Gasteiger partial charge in [-0.25, -0.2) is 25.3 Å². The van der Waals surface area contributed by atoms with Crippen LogP contribution in [0.25, 0.3) is 0 Å². The van der Waals surface area contributed by atoms with Gasteiger partial charge in [0, 0.05) is 0 Å². The second-order valence-corrected chi connectivity index (χ2v) is 9.04. The molecule has 0 aromatic heterocycles. The number of hydrogen-bond acceptors (Lipinski definition) is 6. The van der Waals surface area contributed by atoms with E-state index in [4.69, 9.17) is 27.3 Å². The Morgan fingerprint density at radius 2 is 0.400 bits per heavy atom. The molecule has 0 radical (unpaired) electrons. The first-order valence-electron chi connectivity index (χ1n) is 2.60. The minimum absolute atomic E-state index is 0. The molecule has 0 saturated carbocycles. The molecular formula is H12O12P2S6. The Kier molecular flexibility index (Phi) is 34.1. The van der Waals surface area contributed by atoms with Crippen LogP contribution in [-0.4, -0.2) is 52.6 Å². The van der Waals surface area contributed by atoms with Gasteiger partial charge in [-0.2, -0.15) is 19.8 Å². The summed E-state index contributed by atoms with van der Waals surface area (Å²) >= 11 is 0. The number of hydrogen-bond donors (Lipinski definition) is 6. The second-order valence-electron chi connectivity index (χ2n) is 1.30. The van der Waals surface area contributed by atoms with Gasteiger partial charge < -0.3 is 0 Å². The van der Waals surface area contributed by atoms with Gasteiger partial charge in [-0.15, -0.1) is 0 Å². The molecule has 20 heteroatoms. The molecular weight excluding hydrogens is 446 g/mol. The first kappa shape index (κ1) is 33.2. The van der Waals surface area contributed by atoms with Crippen molar-refractivity contribution in [2.24, 2.45) is 0 Å². The predicted molar refractivity (Wildman–Crippen MR) is 86.8 cm³/mol. The van der Waals surface area contributed by atoms with Gasteiger partial charge in [0.1, 0.15) is 0 Å². The summed E-state index contributed by atoms with van der Waals surface area (Å²) in [5.41, 5.74) is 0. The third kappa shape index (κ3) is 36.6. The maximum Gasteiger partial charge on any atom is 0.274 e. The van der Waals surface area contributed by atoms with Crippen molar-refractivity contribution in [1.29, 1.82) is 0 Å². The lowest BCUT2D eigenvalue weighted by atomic mass is 15.9. The van der Waals surface area contributed by atoms with Gasteiger partial charge in [-0.05, 0) is 0 Å². The molecule has 130 valence electrons. The Morgan fingerprint density at radius 3 is 0.400 bits per heavy atom. The third-order valence-corrected chi connectivity index (χ3v) is 3.29. The fraction of sp³-hybridized carbons (Fsp3) is 0. The summed E-state index contributed by atoms with van der Waals surface area (Å²) in [6.07, 6.45) is 0. The van der Waals surface area contributed by atoms with Gasteiger partial charge in [0.2, 0.25) is 0 Å². The van der Waals surface area contributed by atoms with Crippen LogP contribution in [0.5, 0.6) is 0 Å². The molecule has 8 unspecified atom stereocenters. The van der Waals surface area contributed by atoms with Crippen molar-refractivity contribution >= 4 is 80.5 Å². The van der Waals surface area contributed by atoms with E-state index in [1.54, 1.807) is 0 Å². The van der Waals surface area contributed by atoms with Gasteiger partial charge in [0.15, 0.2) is 0 Å². The Bertz CT molecular complexity index is 281. The quantitative estimate of drug-likeness (QED) is 0.156. The Labute approximate surface area is 132 Å². The summed E-state index contributed by atoms with van der Waals surface area (Å²) in [6, 6.07) is 0. The lowest BCUT2D eigenvalue weighted by Gasteiger charge is -1.74. The maximum atomic E-state index is 9.26. The zero-order chi connectivity index (χ0) is 15.5. The molecule has 0 saturated heterocycles. The van der Waals surface area contributed by atoms with E-state index >= 15 is 0 Å². The highest BCUT2D eigenvalue weighted by molar-refractivity contribution is 8.56. The monoisotopic (exact) mass is 458 g/mol. The average Bonchev–Trinajstić information content (AvgIpc) is 2.18. The average molecular weight is 458 g/mol. The zero-order valence-electron chi connectivity index (χ0n) is 9.00. The molecule has 8 atom stereocenters. The molecule has 0 heterocycles. The molecule has 0 aliphatic rings. The minimum atomic E-state index is -2.59. The van der Waals surface area contributed by atoms with Crippen LogP contribution in [0.4, 0.5) is 0 Å². The van der Waals surface area contributed by atoms with Gasteiger partial charge in [0.05, 0.1) is 0 Å². The van der Waals surface area contributed by atoms with Crippen LogP contribution in [0.15, 0.2) is 0 Å². The predicted octanol–water partition coefficient (Wildman–Crippen LogP) is -1.85. The van der Waals surface area contributed by atoms with Crippen LogP contribution in [0.2, 0.25) is 0 Å². The summed E-state index contributed by atoms with van der Waals surface area (Å²) in [5, 5.41) is 0. The highest BCUT2D eigenvalue weighted by Crippen LogP contribution is 1.75. The Balaban J connectivity index is -0.0000000536. The molecule has 0 spiro atoms. The molecule has 6 N–H and O–H groups in total. The van der Waals surface area contributed by atoms with Gasteiger partial charge >= 0.3 is 0 Å². The molecule has 0 bridgehead atoms. The van der Waals surface area contributed by atoms with Crippen molar-refractivity contribution in [1.82, 2.24) is 0 Å². The molecule has 12 nitrogen and oxygen atoms in total. The normalized spacial score (nSPS) is 17.7. The molecule has 0 aliphatic carbocycles. The van der Waals surface area contributed by atoms with E-state index in [9.17, 15) is 25.3 Å².